The number of nitrogens with zero attached hydrogens (tertiary/aromatic N) is 4. The lowest BCUT2D eigenvalue weighted by atomic mass is 10.2. The Morgan fingerprint density at radius 2 is 2.07 bits per heavy atom. The normalized spacial score (nSPS) is 24.3. The van der Waals surface area contributed by atoms with Crippen molar-refractivity contribution in [1.29, 1.82) is 0 Å². The fraction of sp³-hybridized carbons (Fsp3) is 0.400. The van der Waals surface area contributed by atoms with Gasteiger partial charge in [-0.05, 0) is 36.1 Å². The van der Waals surface area contributed by atoms with Gasteiger partial charge in [-0.1, -0.05) is 11.6 Å². The first-order chi connectivity index (χ1) is 13.1. The highest BCUT2D eigenvalue weighted by Gasteiger charge is 2.55. The molecule has 3 atom stereocenters. The van der Waals surface area contributed by atoms with E-state index in [0.717, 1.165) is 36.5 Å². The molecule has 140 valence electrons. The van der Waals surface area contributed by atoms with Gasteiger partial charge in [-0.15, -0.1) is 0 Å². The maximum atomic E-state index is 13.8. The van der Waals surface area contributed by atoms with Crippen molar-refractivity contribution in [3.8, 4) is 5.75 Å². The van der Waals surface area contributed by atoms with Crippen molar-refractivity contribution >= 4 is 22.6 Å². The Balaban J connectivity index is 1.17. The Morgan fingerprint density at radius 1 is 1.26 bits per heavy atom. The lowest BCUT2D eigenvalue weighted by molar-refractivity contribution is 0.222. The Bertz CT molecular complexity index is 995. The molecule has 1 aliphatic carbocycles. The van der Waals surface area contributed by atoms with E-state index in [9.17, 15) is 4.39 Å². The maximum Gasteiger partial charge on any atom is 0.166 e. The number of benzene rings is 1. The number of imidazole rings is 1. The zero-order valence-corrected chi connectivity index (χ0v) is 15.7. The zero-order chi connectivity index (χ0) is 18.5. The molecule has 1 aliphatic heterocycles. The molecule has 0 bridgehead atoms. The number of hydrogen-bond donors (Lipinski definition) is 0. The summed E-state index contributed by atoms with van der Waals surface area (Å²) in [5, 5.41) is 0.386. The zero-order valence-electron chi connectivity index (χ0n) is 15.0. The van der Waals surface area contributed by atoms with Crippen LogP contribution in [0.1, 0.15) is 5.82 Å². The van der Waals surface area contributed by atoms with Gasteiger partial charge in [0, 0.05) is 37.3 Å². The number of aromatic nitrogens is 3. The van der Waals surface area contributed by atoms with Gasteiger partial charge >= 0.3 is 0 Å². The van der Waals surface area contributed by atoms with Gasteiger partial charge in [0.15, 0.2) is 11.6 Å². The van der Waals surface area contributed by atoms with Gasteiger partial charge in [-0.2, -0.15) is 0 Å². The quantitative estimate of drug-likeness (QED) is 0.673. The third-order valence-corrected chi connectivity index (χ3v) is 6.15. The second-order valence-electron chi connectivity index (χ2n) is 7.52. The minimum absolute atomic E-state index is 0.287. The second kappa shape index (κ2) is 6.46. The molecule has 3 aromatic rings. The van der Waals surface area contributed by atoms with Crippen LogP contribution in [0.15, 0.2) is 36.7 Å². The SMILES string of the molecule is Cn1c(CN2C[C@@H]3C(COc4ccc(Cl)cc4F)[C@@H]3C2)nc2cnccc21. The van der Waals surface area contributed by atoms with Gasteiger partial charge in [0.05, 0.1) is 24.9 Å². The lowest BCUT2D eigenvalue weighted by Crippen LogP contribution is -2.26. The largest absolute Gasteiger partial charge is 0.490 e. The lowest BCUT2D eigenvalue weighted by Gasteiger charge is -2.19. The van der Waals surface area contributed by atoms with E-state index in [4.69, 9.17) is 21.3 Å². The van der Waals surface area contributed by atoms with Gasteiger partial charge in [0.1, 0.15) is 11.3 Å². The van der Waals surface area contributed by atoms with E-state index >= 15 is 0 Å². The summed E-state index contributed by atoms with van der Waals surface area (Å²) >= 11 is 5.78. The molecule has 0 radical (unpaired) electrons. The second-order valence-corrected chi connectivity index (χ2v) is 7.96. The van der Waals surface area contributed by atoms with Crippen molar-refractivity contribution < 1.29 is 9.13 Å². The molecule has 0 N–H and O–H groups in total. The summed E-state index contributed by atoms with van der Waals surface area (Å²) in [6.45, 7) is 3.50. The highest BCUT2D eigenvalue weighted by atomic mass is 35.5. The molecule has 27 heavy (non-hydrogen) atoms. The van der Waals surface area contributed by atoms with E-state index in [0.29, 0.717) is 29.4 Å². The predicted molar refractivity (Wildman–Crippen MR) is 101 cm³/mol. The molecule has 1 saturated carbocycles. The van der Waals surface area contributed by atoms with Gasteiger partial charge in [-0.3, -0.25) is 9.88 Å². The fourth-order valence-corrected chi connectivity index (χ4v) is 4.49. The number of ether oxygens (including phenoxy) is 1. The first kappa shape index (κ1) is 17.0. The summed E-state index contributed by atoms with van der Waals surface area (Å²) in [6.07, 6.45) is 3.61. The van der Waals surface area contributed by atoms with Crippen LogP contribution in [0.25, 0.3) is 11.0 Å². The van der Waals surface area contributed by atoms with Gasteiger partial charge in [0.25, 0.3) is 0 Å². The highest BCUT2D eigenvalue weighted by molar-refractivity contribution is 6.30. The summed E-state index contributed by atoms with van der Waals surface area (Å²) in [5.41, 5.74) is 2.05. The maximum absolute atomic E-state index is 13.8. The summed E-state index contributed by atoms with van der Waals surface area (Å²) in [5.74, 6) is 2.74. The van der Waals surface area contributed by atoms with Crippen molar-refractivity contribution in [3.05, 3.63) is 53.3 Å². The monoisotopic (exact) mass is 386 g/mol. The van der Waals surface area contributed by atoms with Gasteiger partial charge in [0.2, 0.25) is 0 Å². The van der Waals surface area contributed by atoms with Crippen molar-refractivity contribution in [3.63, 3.8) is 0 Å². The summed E-state index contributed by atoms with van der Waals surface area (Å²) < 4.78 is 21.6. The number of pyridine rings is 1. The van der Waals surface area contributed by atoms with Crippen LogP contribution in [-0.2, 0) is 13.6 Å². The van der Waals surface area contributed by atoms with Crippen LogP contribution in [0.4, 0.5) is 4.39 Å². The Kier molecular flexibility index (Phi) is 4.06. The Hall–Kier alpha value is -2.18. The molecular weight excluding hydrogens is 367 g/mol. The molecule has 5 rings (SSSR count). The van der Waals surface area contributed by atoms with E-state index in [1.165, 1.54) is 6.07 Å². The summed E-state index contributed by atoms with van der Waals surface area (Å²) in [6, 6.07) is 6.54. The molecule has 7 heteroatoms. The highest BCUT2D eigenvalue weighted by Crippen LogP contribution is 2.52. The van der Waals surface area contributed by atoms with Gasteiger partial charge < -0.3 is 9.30 Å². The smallest absolute Gasteiger partial charge is 0.166 e. The molecule has 0 amide bonds. The van der Waals surface area contributed by atoms with E-state index < -0.39 is 5.82 Å². The number of halogens is 2. The molecule has 5 nitrogen and oxygen atoms in total. The standard InChI is InChI=1S/C20H20ClFN4O/c1-25-18-4-5-23-7-17(18)24-20(25)10-26-8-13-14(9-26)15(13)11-27-19-3-2-12(21)6-16(19)22/h2-7,13-15H,8-11H2,1H3/t13-,14+,15?. The molecule has 2 fully saturated rings. The number of hydrogen-bond acceptors (Lipinski definition) is 4. The summed E-state index contributed by atoms with van der Waals surface area (Å²) in [7, 11) is 2.05. The predicted octanol–water partition coefficient (Wildman–Crippen LogP) is 3.52. The van der Waals surface area contributed by atoms with Crippen molar-refractivity contribution in [2.45, 2.75) is 6.54 Å². The molecule has 1 aromatic carbocycles. The first-order valence-electron chi connectivity index (χ1n) is 9.15. The van der Waals surface area contributed by atoms with Crippen molar-refractivity contribution in [2.24, 2.45) is 24.8 Å². The number of piperidine rings is 1. The Morgan fingerprint density at radius 3 is 2.81 bits per heavy atom. The van der Waals surface area contributed by atoms with Crippen LogP contribution in [0.2, 0.25) is 5.02 Å². The first-order valence-corrected chi connectivity index (χ1v) is 9.53. The number of rotatable bonds is 5. The molecule has 2 aromatic heterocycles. The molecule has 3 heterocycles. The number of aryl methyl sites for hydroxylation is 1. The van der Waals surface area contributed by atoms with E-state index in [2.05, 4.69) is 21.5 Å². The average molecular weight is 387 g/mol. The molecule has 1 unspecified atom stereocenters. The minimum atomic E-state index is -0.397. The third kappa shape index (κ3) is 3.07. The van der Waals surface area contributed by atoms with Crippen LogP contribution in [-0.4, -0.2) is 39.1 Å². The van der Waals surface area contributed by atoms with E-state index in [1.54, 1.807) is 18.3 Å². The van der Waals surface area contributed by atoms with Crippen LogP contribution in [0.3, 0.4) is 0 Å². The van der Waals surface area contributed by atoms with Crippen LogP contribution in [0.5, 0.6) is 5.75 Å². The topological polar surface area (TPSA) is 43.2 Å². The average Bonchev–Trinajstić information content (AvgIpc) is 2.98. The van der Waals surface area contributed by atoms with Gasteiger partial charge in [-0.25, -0.2) is 9.37 Å². The number of fused-ring (bicyclic) bond motifs is 2. The molecule has 2 aliphatic rings. The fourth-order valence-electron chi connectivity index (χ4n) is 4.33. The van der Waals surface area contributed by atoms with E-state index in [-0.39, 0.29) is 5.75 Å². The van der Waals surface area contributed by atoms with Crippen LogP contribution in [0, 0.1) is 23.6 Å². The van der Waals surface area contributed by atoms with Crippen LogP contribution < -0.4 is 4.74 Å². The Labute approximate surface area is 161 Å². The number of likely N-dealkylation sites (tertiary alicyclic amines) is 1. The van der Waals surface area contributed by atoms with Crippen molar-refractivity contribution in [2.75, 3.05) is 19.7 Å². The van der Waals surface area contributed by atoms with E-state index in [1.807, 2.05) is 12.3 Å². The molecule has 1 saturated heterocycles. The molecular formula is C20H20ClFN4O. The third-order valence-electron chi connectivity index (χ3n) is 5.91. The minimum Gasteiger partial charge on any atom is -0.490 e. The van der Waals surface area contributed by atoms with Crippen molar-refractivity contribution in [1.82, 2.24) is 19.4 Å². The van der Waals surface area contributed by atoms with Crippen LogP contribution >= 0.6 is 11.6 Å². The summed E-state index contributed by atoms with van der Waals surface area (Å²) in [4.78, 5) is 11.3. The molecule has 0 spiro atoms.